The van der Waals surface area contributed by atoms with E-state index in [0.717, 1.165) is 38.2 Å². The van der Waals surface area contributed by atoms with Crippen molar-refractivity contribution in [3.63, 3.8) is 0 Å². The van der Waals surface area contributed by atoms with E-state index in [0.29, 0.717) is 13.0 Å². The minimum atomic E-state index is -0.0606. The number of benzene rings is 2. The van der Waals surface area contributed by atoms with Crippen molar-refractivity contribution >= 4 is 17.7 Å². The topological polar surface area (TPSA) is 29.5 Å². The van der Waals surface area contributed by atoms with Crippen LogP contribution in [0.4, 0.5) is 0 Å². The van der Waals surface area contributed by atoms with Gasteiger partial charge in [0, 0.05) is 17.0 Å². The molecule has 0 aliphatic carbocycles. The number of hydrogen-bond donors (Lipinski definition) is 0. The second-order valence-electron chi connectivity index (χ2n) is 7.20. The molecule has 0 aromatic heterocycles. The number of carbonyl (C=O) groups is 1. The Hall–Kier alpha value is -1.78. The zero-order chi connectivity index (χ0) is 19.0. The van der Waals surface area contributed by atoms with Gasteiger partial charge in [0.15, 0.2) is 0 Å². The van der Waals surface area contributed by atoms with Crippen LogP contribution in [0, 0.1) is 0 Å². The Kier molecular flexibility index (Phi) is 7.36. The Morgan fingerprint density at radius 3 is 2.19 bits per heavy atom. The lowest BCUT2D eigenvalue weighted by molar-refractivity contribution is -0.144. The minimum Gasteiger partial charge on any atom is -0.466 e. The highest BCUT2D eigenvalue weighted by Gasteiger charge is 2.37. The lowest BCUT2D eigenvalue weighted by Gasteiger charge is -2.41. The van der Waals surface area contributed by atoms with Crippen LogP contribution in [0.25, 0.3) is 0 Å². The summed E-state index contributed by atoms with van der Waals surface area (Å²) < 4.78 is 5.26. The molecule has 4 heteroatoms. The van der Waals surface area contributed by atoms with Gasteiger partial charge in [-0.15, -0.1) is 11.8 Å². The molecule has 3 rings (SSSR count). The molecule has 3 nitrogen and oxygen atoms in total. The molecule has 0 bridgehead atoms. The second kappa shape index (κ2) is 9.95. The summed E-state index contributed by atoms with van der Waals surface area (Å²) >= 11 is 1.93. The third kappa shape index (κ3) is 6.12. The third-order valence-electron chi connectivity index (χ3n) is 5.18. The van der Waals surface area contributed by atoms with E-state index in [1.165, 1.54) is 11.1 Å². The van der Waals surface area contributed by atoms with Crippen molar-refractivity contribution in [1.29, 1.82) is 0 Å². The lowest BCUT2D eigenvalue weighted by atomic mass is 9.92. The molecule has 0 spiro atoms. The number of carbonyl (C=O) groups excluding carboxylic acids is 1. The van der Waals surface area contributed by atoms with Gasteiger partial charge in [0.25, 0.3) is 0 Å². The summed E-state index contributed by atoms with van der Waals surface area (Å²) in [6.45, 7) is 5.37. The molecular formula is C23H29NO2S. The summed E-state index contributed by atoms with van der Waals surface area (Å²) in [6, 6.07) is 21.2. The Bertz CT molecular complexity index is 697. The van der Waals surface area contributed by atoms with Crippen LogP contribution in [0.3, 0.4) is 0 Å². The normalized spacial score (nSPS) is 16.8. The highest BCUT2D eigenvalue weighted by atomic mass is 32.2. The largest absolute Gasteiger partial charge is 0.466 e. The number of nitrogens with zero attached hydrogens (tertiary/aromatic N) is 1. The SMILES string of the molecule is CCOC(=O)CC1(SCc2ccccc2)CCN(Cc2ccccc2)CC1. The Morgan fingerprint density at radius 2 is 1.59 bits per heavy atom. The lowest BCUT2D eigenvalue weighted by Crippen LogP contribution is -2.43. The number of hydrogen-bond acceptors (Lipinski definition) is 4. The predicted octanol–water partition coefficient (Wildman–Crippen LogP) is 4.91. The molecule has 0 N–H and O–H groups in total. The summed E-state index contributed by atoms with van der Waals surface area (Å²) in [5.41, 5.74) is 2.67. The van der Waals surface area contributed by atoms with Crippen molar-refractivity contribution in [1.82, 2.24) is 4.90 Å². The molecule has 0 atom stereocenters. The standard InChI is InChI=1S/C23H29NO2S/c1-2-26-22(25)17-23(27-19-21-11-7-4-8-12-21)13-15-24(16-14-23)18-20-9-5-3-6-10-20/h3-12H,2,13-19H2,1H3. The van der Waals surface area contributed by atoms with Crippen LogP contribution in [0.2, 0.25) is 0 Å². The first-order valence-electron chi connectivity index (χ1n) is 9.79. The van der Waals surface area contributed by atoms with Crippen LogP contribution in [-0.4, -0.2) is 35.3 Å². The van der Waals surface area contributed by atoms with Gasteiger partial charge >= 0.3 is 5.97 Å². The molecule has 1 aliphatic rings. The Labute approximate surface area is 167 Å². The van der Waals surface area contributed by atoms with Crippen molar-refractivity contribution in [3.8, 4) is 0 Å². The third-order valence-corrected chi connectivity index (χ3v) is 6.82. The number of ether oxygens (including phenoxy) is 1. The predicted molar refractivity (Wildman–Crippen MR) is 113 cm³/mol. The van der Waals surface area contributed by atoms with Gasteiger partial charge in [0.2, 0.25) is 0 Å². The number of thioether (sulfide) groups is 1. The van der Waals surface area contributed by atoms with E-state index in [1.54, 1.807) is 0 Å². The summed E-state index contributed by atoms with van der Waals surface area (Å²) in [7, 11) is 0. The molecule has 1 fully saturated rings. The average Bonchev–Trinajstić information content (AvgIpc) is 2.70. The number of likely N-dealkylation sites (tertiary alicyclic amines) is 1. The Balaban J connectivity index is 1.61. The monoisotopic (exact) mass is 383 g/mol. The van der Waals surface area contributed by atoms with E-state index in [9.17, 15) is 4.79 Å². The molecule has 1 heterocycles. The van der Waals surface area contributed by atoms with Crippen molar-refractivity contribution < 1.29 is 9.53 Å². The van der Waals surface area contributed by atoms with Gasteiger partial charge in [-0.05, 0) is 44.0 Å². The molecule has 144 valence electrons. The fourth-order valence-electron chi connectivity index (χ4n) is 3.62. The number of rotatable bonds is 8. The number of esters is 1. The van der Waals surface area contributed by atoms with Crippen LogP contribution >= 0.6 is 11.8 Å². The first-order valence-corrected chi connectivity index (χ1v) is 10.8. The quantitative estimate of drug-likeness (QED) is 0.606. The molecule has 0 radical (unpaired) electrons. The van der Waals surface area contributed by atoms with Crippen LogP contribution in [0.15, 0.2) is 60.7 Å². The maximum atomic E-state index is 12.3. The van der Waals surface area contributed by atoms with Gasteiger partial charge in [-0.2, -0.15) is 0 Å². The van der Waals surface area contributed by atoms with Crippen molar-refractivity contribution in [3.05, 3.63) is 71.8 Å². The van der Waals surface area contributed by atoms with Gasteiger partial charge in [-0.1, -0.05) is 60.7 Å². The maximum Gasteiger partial charge on any atom is 0.307 e. The van der Waals surface area contributed by atoms with Gasteiger partial charge in [0.1, 0.15) is 0 Å². The van der Waals surface area contributed by atoms with E-state index < -0.39 is 0 Å². The molecule has 27 heavy (non-hydrogen) atoms. The van der Waals surface area contributed by atoms with Crippen LogP contribution in [0.5, 0.6) is 0 Å². The molecule has 0 unspecified atom stereocenters. The highest BCUT2D eigenvalue weighted by Crippen LogP contribution is 2.41. The molecular weight excluding hydrogens is 354 g/mol. The minimum absolute atomic E-state index is 0.0186. The van der Waals surface area contributed by atoms with Gasteiger partial charge in [-0.25, -0.2) is 0 Å². The van der Waals surface area contributed by atoms with Crippen molar-refractivity contribution in [2.45, 2.75) is 43.2 Å². The highest BCUT2D eigenvalue weighted by molar-refractivity contribution is 7.99. The van der Waals surface area contributed by atoms with Gasteiger partial charge in [0.05, 0.1) is 13.0 Å². The summed E-state index contributed by atoms with van der Waals surface area (Å²) in [5, 5.41) is 0. The summed E-state index contributed by atoms with van der Waals surface area (Å²) in [4.78, 5) is 14.8. The van der Waals surface area contributed by atoms with E-state index in [-0.39, 0.29) is 10.7 Å². The number of piperidine rings is 1. The van der Waals surface area contributed by atoms with E-state index in [1.807, 2.05) is 24.8 Å². The summed E-state index contributed by atoms with van der Waals surface area (Å²) in [5.74, 6) is 0.883. The first-order chi connectivity index (χ1) is 13.2. The molecule has 2 aromatic carbocycles. The smallest absolute Gasteiger partial charge is 0.307 e. The average molecular weight is 384 g/mol. The second-order valence-corrected chi connectivity index (χ2v) is 8.64. The molecule has 1 aliphatic heterocycles. The summed E-state index contributed by atoms with van der Waals surface area (Å²) in [6.07, 6.45) is 2.56. The molecule has 0 saturated carbocycles. The van der Waals surface area contributed by atoms with Gasteiger partial charge in [-0.3, -0.25) is 9.69 Å². The zero-order valence-corrected chi connectivity index (χ0v) is 16.9. The van der Waals surface area contributed by atoms with E-state index in [4.69, 9.17) is 4.74 Å². The fourth-order valence-corrected chi connectivity index (χ4v) is 4.97. The maximum absolute atomic E-state index is 12.3. The van der Waals surface area contributed by atoms with Crippen LogP contribution in [-0.2, 0) is 21.8 Å². The molecule has 0 amide bonds. The first kappa shape index (κ1) is 20.0. The fraction of sp³-hybridized carbons (Fsp3) is 0.435. The molecule has 1 saturated heterocycles. The zero-order valence-electron chi connectivity index (χ0n) is 16.1. The van der Waals surface area contributed by atoms with Crippen molar-refractivity contribution in [2.24, 2.45) is 0 Å². The Morgan fingerprint density at radius 1 is 1.00 bits per heavy atom. The van der Waals surface area contributed by atoms with Gasteiger partial charge < -0.3 is 4.74 Å². The van der Waals surface area contributed by atoms with E-state index in [2.05, 4.69) is 59.5 Å². The van der Waals surface area contributed by atoms with Crippen LogP contribution < -0.4 is 0 Å². The van der Waals surface area contributed by atoms with Crippen molar-refractivity contribution in [2.75, 3.05) is 19.7 Å². The molecule has 2 aromatic rings. The van der Waals surface area contributed by atoms with Crippen LogP contribution in [0.1, 0.15) is 37.3 Å². The van der Waals surface area contributed by atoms with E-state index >= 15 is 0 Å².